The maximum absolute atomic E-state index is 12.7. The van der Waals surface area contributed by atoms with E-state index in [4.69, 9.17) is 0 Å². The van der Waals surface area contributed by atoms with E-state index in [-0.39, 0.29) is 31.7 Å². The van der Waals surface area contributed by atoms with Crippen LogP contribution in [0.3, 0.4) is 0 Å². The summed E-state index contributed by atoms with van der Waals surface area (Å²) in [5.74, 6) is 1.53. The lowest BCUT2D eigenvalue weighted by atomic mass is 10.2. The van der Waals surface area contributed by atoms with Gasteiger partial charge in [0.25, 0.3) is 5.56 Å². The van der Waals surface area contributed by atoms with Gasteiger partial charge in [-0.1, -0.05) is 0 Å². The van der Waals surface area contributed by atoms with E-state index in [0.717, 1.165) is 11.1 Å². The van der Waals surface area contributed by atoms with E-state index in [9.17, 15) is 9.90 Å². The monoisotopic (exact) mass is 388 g/mol. The topological polar surface area (TPSA) is 105 Å². The number of aromatic nitrogens is 4. The molecular formula is C18H24N6O2S. The Kier molecular flexibility index (Phi) is 6.75. The summed E-state index contributed by atoms with van der Waals surface area (Å²) in [6.45, 7) is 6.10. The number of nitrogens with one attached hydrogen (secondary N) is 2. The first-order valence-corrected chi connectivity index (χ1v) is 8.49. The molecule has 9 heteroatoms. The predicted molar refractivity (Wildman–Crippen MR) is 112 cm³/mol. The molecule has 3 N–H and O–H groups in total. The highest BCUT2D eigenvalue weighted by molar-refractivity contribution is 7.59. The third-order valence-electron chi connectivity index (χ3n) is 3.99. The summed E-state index contributed by atoms with van der Waals surface area (Å²) in [6.07, 6.45) is 5.05. The number of rotatable bonds is 6. The summed E-state index contributed by atoms with van der Waals surface area (Å²) in [5.41, 5.74) is 0.702. The van der Waals surface area contributed by atoms with Crippen molar-refractivity contribution in [2.24, 2.45) is 0 Å². The molecule has 3 aromatic rings. The Morgan fingerprint density at radius 3 is 2.67 bits per heavy atom. The fourth-order valence-electron chi connectivity index (χ4n) is 2.59. The lowest BCUT2D eigenvalue weighted by molar-refractivity contribution is 0.281. The second kappa shape index (κ2) is 8.83. The zero-order chi connectivity index (χ0) is 18.7. The van der Waals surface area contributed by atoms with Gasteiger partial charge in [0.1, 0.15) is 17.5 Å². The first-order valence-electron chi connectivity index (χ1n) is 8.49. The van der Waals surface area contributed by atoms with Crippen LogP contribution in [0.5, 0.6) is 0 Å². The van der Waals surface area contributed by atoms with Gasteiger partial charge in [0.2, 0.25) is 0 Å². The van der Waals surface area contributed by atoms with E-state index in [1.165, 1.54) is 0 Å². The van der Waals surface area contributed by atoms with Crippen LogP contribution in [-0.2, 0) is 6.54 Å². The van der Waals surface area contributed by atoms with E-state index in [1.807, 2.05) is 26.8 Å². The first kappa shape index (κ1) is 20.7. The second-order valence-electron chi connectivity index (χ2n) is 6.12. The molecule has 0 unspecified atom stereocenters. The van der Waals surface area contributed by atoms with Crippen LogP contribution >= 0.6 is 13.5 Å². The van der Waals surface area contributed by atoms with Crippen LogP contribution in [0.1, 0.15) is 19.5 Å². The number of aliphatic hydroxyl groups excluding tert-OH is 1. The van der Waals surface area contributed by atoms with Crippen LogP contribution in [0.15, 0.2) is 35.5 Å². The molecule has 0 saturated carbocycles. The van der Waals surface area contributed by atoms with Gasteiger partial charge in [0.15, 0.2) is 0 Å². The molecule has 0 radical (unpaired) electrons. The molecule has 0 bridgehead atoms. The molecular weight excluding hydrogens is 364 g/mol. The number of hydrogen-bond donors (Lipinski definition) is 3. The molecule has 27 heavy (non-hydrogen) atoms. The average molecular weight is 388 g/mol. The van der Waals surface area contributed by atoms with Crippen molar-refractivity contribution < 1.29 is 5.11 Å². The first-order chi connectivity index (χ1) is 12.5. The van der Waals surface area contributed by atoms with Crippen LogP contribution < -0.4 is 16.2 Å². The summed E-state index contributed by atoms with van der Waals surface area (Å²) in [4.78, 5) is 25.7. The molecule has 0 aromatic carbocycles. The number of aliphatic hydroxyl groups is 1. The van der Waals surface area contributed by atoms with Gasteiger partial charge < -0.3 is 20.3 Å². The standard InChI is InChI=1S/C18H22N6O2.H2S/c1-4-24-6-5-13-7-14(22-15-9-19-11(2)8-20-15)23-17(16(13)18(24)26)21-12(3)10-25;/h5-9,12,25H,4,10H2,1-3H3,(H2,20,21,22,23);1H2/t12-;/m0./s1. The SMILES string of the molecule is CCn1ccc2cc(Nc3cnc(C)cn3)nc(N[C@@H](C)CO)c2c1=O.S. The highest BCUT2D eigenvalue weighted by Crippen LogP contribution is 2.24. The number of anilines is 3. The molecule has 0 aliphatic carbocycles. The molecule has 8 nitrogen and oxygen atoms in total. The van der Waals surface area contributed by atoms with Crippen molar-refractivity contribution in [3.8, 4) is 0 Å². The van der Waals surface area contributed by atoms with Crippen LogP contribution in [-0.4, -0.2) is 37.3 Å². The summed E-state index contributed by atoms with van der Waals surface area (Å²) in [6, 6.07) is 3.44. The highest BCUT2D eigenvalue weighted by atomic mass is 32.1. The minimum absolute atomic E-state index is 0. The maximum atomic E-state index is 12.7. The van der Waals surface area contributed by atoms with E-state index in [1.54, 1.807) is 29.2 Å². The van der Waals surface area contributed by atoms with E-state index < -0.39 is 0 Å². The van der Waals surface area contributed by atoms with Crippen molar-refractivity contribution in [2.45, 2.75) is 33.4 Å². The normalized spacial score (nSPS) is 11.7. The minimum Gasteiger partial charge on any atom is -0.394 e. The highest BCUT2D eigenvalue weighted by Gasteiger charge is 2.13. The van der Waals surface area contributed by atoms with Crippen molar-refractivity contribution in [1.29, 1.82) is 0 Å². The Labute approximate surface area is 164 Å². The molecule has 144 valence electrons. The molecule has 0 spiro atoms. The van der Waals surface area contributed by atoms with Gasteiger partial charge >= 0.3 is 0 Å². The van der Waals surface area contributed by atoms with Crippen LogP contribution in [0.2, 0.25) is 0 Å². The zero-order valence-electron chi connectivity index (χ0n) is 15.5. The number of fused-ring (bicyclic) bond motifs is 1. The fraction of sp³-hybridized carbons (Fsp3) is 0.333. The maximum Gasteiger partial charge on any atom is 0.262 e. The Balaban J connectivity index is 0.00000261. The summed E-state index contributed by atoms with van der Waals surface area (Å²) < 4.78 is 1.62. The number of nitrogens with zero attached hydrogens (tertiary/aromatic N) is 4. The second-order valence-corrected chi connectivity index (χ2v) is 6.12. The van der Waals surface area contributed by atoms with E-state index >= 15 is 0 Å². The van der Waals surface area contributed by atoms with Gasteiger partial charge in [-0.3, -0.25) is 9.78 Å². The van der Waals surface area contributed by atoms with Gasteiger partial charge in [-0.15, -0.1) is 0 Å². The number of hydrogen-bond acceptors (Lipinski definition) is 7. The van der Waals surface area contributed by atoms with Gasteiger partial charge in [0, 0.05) is 18.8 Å². The van der Waals surface area contributed by atoms with E-state index in [2.05, 4.69) is 25.6 Å². The van der Waals surface area contributed by atoms with Crippen LogP contribution in [0.4, 0.5) is 17.5 Å². The molecule has 3 aromatic heterocycles. The number of pyridine rings is 2. The minimum atomic E-state index is -0.241. The van der Waals surface area contributed by atoms with Crippen molar-refractivity contribution in [3.05, 3.63) is 46.8 Å². The third-order valence-corrected chi connectivity index (χ3v) is 3.99. The van der Waals surface area contributed by atoms with Gasteiger partial charge in [-0.25, -0.2) is 9.97 Å². The molecule has 1 atom stereocenters. The molecule has 3 heterocycles. The lowest BCUT2D eigenvalue weighted by Gasteiger charge is -2.16. The fourth-order valence-corrected chi connectivity index (χ4v) is 2.59. The average Bonchev–Trinajstić information content (AvgIpc) is 2.63. The largest absolute Gasteiger partial charge is 0.394 e. The van der Waals surface area contributed by atoms with E-state index in [0.29, 0.717) is 29.4 Å². The van der Waals surface area contributed by atoms with Crippen LogP contribution in [0.25, 0.3) is 10.8 Å². The zero-order valence-corrected chi connectivity index (χ0v) is 16.5. The summed E-state index contributed by atoms with van der Waals surface area (Å²) >= 11 is 0. The van der Waals surface area contributed by atoms with Crippen molar-refractivity contribution in [1.82, 2.24) is 19.5 Å². The summed E-state index contributed by atoms with van der Waals surface area (Å²) in [5, 5.41) is 16.8. The molecule has 0 fully saturated rings. The lowest BCUT2D eigenvalue weighted by Crippen LogP contribution is -2.24. The summed E-state index contributed by atoms with van der Waals surface area (Å²) in [7, 11) is 0. The molecule has 0 aliphatic rings. The van der Waals surface area contributed by atoms with Crippen molar-refractivity contribution >= 4 is 41.7 Å². The predicted octanol–water partition coefficient (Wildman–Crippen LogP) is 2.16. The van der Waals surface area contributed by atoms with Crippen molar-refractivity contribution in [3.63, 3.8) is 0 Å². The van der Waals surface area contributed by atoms with Gasteiger partial charge in [-0.2, -0.15) is 13.5 Å². The molecule has 3 rings (SSSR count). The Bertz CT molecular complexity index is 974. The van der Waals surface area contributed by atoms with Gasteiger partial charge in [0.05, 0.1) is 30.1 Å². The van der Waals surface area contributed by atoms with Gasteiger partial charge in [-0.05, 0) is 38.3 Å². The smallest absolute Gasteiger partial charge is 0.262 e. The molecule has 0 amide bonds. The number of aryl methyl sites for hydroxylation is 2. The van der Waals surface area contributed by atoms with Crippen LogP contribution in [0, 0.1) is 6.92 Å². The molecule has 0 aliphatic heterocycles. The molecule has 0 saturated heterocycles. The Hall–Kier alpha value is -2.65. The third kappa shape index (κ3) is 4.55. The van der Waals surface area contributed by atoms with Crippen molar-refractivity contribution in [2.75, 3.05) is 17.2 Å². The quantitative estimate of drug-likeness (QED) is 0.594. The Morgan fingerprint density at radius 1 is 1.26 bits per heavy atom. The Morgan fingerprint density at radius 2 is 2.04 bits per heavy atom.